The van der Waals surface area contributed by atoms with Crippen LogP contribution >= 0.6 is 23.1 Å². The van der Waals surface area contributed by atoms with Crippen molar-refractivity contribution < 1.29 is 9.53 Å². The molecule has 1 amide bonds. The van der Waals surface area contributed by atoms with Crippen LogP contribution in [0.3, 0.4) is 0 Å². The Morgan fingerprint density at radius 3 is 2.90 bits per heavy atom. The Balaban J connectivity index is 1.12. The highest BCUT2D eigenvalue weighted by Gasteiger charge is 2.26. The minimum Gasteiger partial charge on any atom is -0.376 e. The van der Waals surface area contributed by atoms with Gasteiger partial charge in [0.15, 0.2) is 0 Å². The second-order valence-corrected chi connectivity index (χ2v) is 9.75. The lowest BCUT2D eigenvalue weighted by Gasteiger charge is -2.31. The summed E-state index contributed by atoms with van der Waals surface area (Å²) in [5, 5.41) is 13.8. The molecule has 158 valence electrons. The van der Waals surface area contributed by atoms with Gasteiger partial charge in [-0.3, -0.25) is 4.79 Å². The van der Waals surface area contributed by atoms with Crippen LogP contribution in [-0.4, -0.2) is 67.6 Å². The van der Waals surface area contributed by atoms with E-state index in [1.807, 2.05) is 11.0 Å². The number of hydrogen-bond acceptors (Lipinski definition) is 8. The summed E-state index contributed by atoms with van der Waals surface area (Å²) in [7, 11) is 0. The number of piperidine rings is 1. The fourth-order valence-electron chi connectivity index (χ4n) is 4.05. The van der Waals surface area contributed by atoms with Crippen LogP contribution in [0.2, 0.25) is 0 Å². The molecule has 0 N–H and O–H groups in total. The first-order valence-electron chi connectivity index (χ1n) is 10.4. The highest BCUT2D eigenvalue weighted by Crippen LogP contribution is 2.34. The van der Waals surface area contributed by atoms with Gasteiger partial charge in [-0.1, -0.05) is 23.9 Å². The van der Waals surface area contributed by atoms with Crippen LogP contribution in [-0.2, 0) is 16.1 Å². The van der Waals surface area contributed by atoms with Gasteiger partial charge in [0.05, 0.1) is 33.6 Å². The summed E-state index contributed by atoms with van der Waals surface area (Å²) in [5.41, 5.74) is 1.08. The van der Waals surface area contributed by atoms with Gasteiger partial charge >= 0.3 is 0 Å². The van der Waals surface area contributed by atoms with Crippen molar-refractivity contribution in [3.8, 4) is 0 Å². The van der Waals surface area contributed by atoms with Gasteiger partial charge in [0, 0.05) is 25.6 Å². The molecule has 2 saturated heterocycles. The van der Waals surface area contributed by atoms with Crippen LogP contribution in [0.1, 0.15) is 36.6 Å². The van der Waals surface area contributed by atoms with Crippen LogP contribution in [0.25, 0.3) is 10.2 Å². The van der Waals surface area contributed by atoms with Crippen LogP contribution < -0.4 is 0 Å². The number of benzene rings is 1. The molecule has 30 heavy (non-hydrogen) atoms. The summed E-state index contributed by atoms with van der Waals surface area (Å²) < 4.78 is 8.66. The van der Waals surface area contributed by atoms with Gasteiger partial charge in [0.2, 0.25) is 11.1 Å². The molecular weight excluding hydrogens is 420 g/mol. The second-order valence-electron chi connectivity index (χ2n) is 7.74. The number of thioether (sulfide) groups is 1. The highest BCUT2D eigenvalue weighted by molar-refractivity contribution is 7.99. The van der Waals surface area contributed by atoms with Crippen molar-refractivity contribution in [2.45, 2.75) is 49.4 Å². The monoisotopic (exact) mass is 444 g/mol. The lowest BCUT2D eigenvalue weighted by Crippen LogP contribution is -2.39. The average molecular weight is 445 g/mol. The first kappa shape index (κ1) is 19.9. The molecule has 2 aliphatic rings. The Bertz CT molecular complexity index is 975. The molecule has 0 spiro atoms. The van der Waals surface area contributed by atoms with Crippen molar-refractivity contribution in [3.05, 3.63) is 29.3 Å². The number of hydrogen-bond donors (Lipinski definition) is 0. The summed E-state index contributed by atoms with van der Waals surface area (Å²) in [6.45, 7) is 3.01. The molecule has 0 unspecified atom stereocenters. The fourth-order valence-corrected chi connectivity index (χ4v) is 5.98. The molecule has 0 bridgehead atoms. The number of thiazole rings is 1. The van der Waals surface area contributed by atoms with Crippen LogP contribution in [0.15, 0.2) is 29.4 Å². The Labute approximate surface area is 183 Å². The zero-order valence-electron chi connectivity index (χ0n) is 16.6. The summed E-state index contributed by atoms with van der Waals surface area (Å²) in [6.07, 6.45) is 4.22. The molecule has 3 aromatic rings. The van der Waals surface area contributed by atoms with E-state index in [-0.39, 0.29) is 12.0 Å². The number of para-hydroxylation sites is 1. The fraction of sp³-hybridized carbons (Fsp3) is 0.550. The predicted octanol–water partition coefficient (Wildman–Crippen LogP) is 2.96. The number of tetrazole rings is 1. The smallest absolute Gasteiger partial charge is 0.233 e. The molecule has 0 radical (unpaired) electrons. The molecule has 5 rings (SSSR count). The number of aromatic nitrogens is 5. The maximum absolute atomic E-state index is 12.7. The number of carbonyl (C=O) groups is 1. The molecule has 4 heterocycles. The normalized spacial score (nSPS) is 20.3. The topological polar surface area (TPSA) is 86.0 Å². The largest absolute Gasteiger partial charge is 0.376 e. The van der Waals surface area contributed by atoms with E-state index in [1.165, 1.54) is 21.5 Å². The number of fused-ring (bicyclic) bond motifs is 1. The third-order valence-corrected chi connectivity index (χ3v) is 7.87. The Morgan fingerprint density at radius 1 is 1.23 bits per heavy atom. The summed E-state index contributed by atoms with van der Waals surface area (Å²) in [4.78, 5) is 19.5. The van der Waals surface area contributed by atoms with Gasteiger partial charge in [0.1, 0.15) is 0 Å². The lowest BCUT2D eigenvalue weighted by atomic mass is 9.97. The zero-order chi connectivity index (χ0) is 20.3. The van der Waals surface area contributed by atoms with Crippen molar-refractivity contribution >= 4 is 39.2 Å². The SMILES string of the molecule is O=C(CSc1nnnn1C[C@@H]1CCCO1)N1CCC(c2nc3ccccc3s2)CC1. The van der Waals surface area contributed by atoms with Gasteiger partial charge in [-0.25, -0.2) is 9.67 Å². The van der Waals surface area contributed by atoms with Gasteiger partial charge < -0.3 is 9.64 Å². The van der Waals surface area contributed by atoms with E-state index in [4.69, 9.17) is 9.72 Å². The molecule has 0 saturated carbocycles. The maximum Gasteiger partial charge on any atom is 0.233 e. The molecule has 1 atom stereocenters. The van der Waals surface area contributed by atoms with E-state index in [1.54, 1.807) is 16.0 Å². The summed E-state index contributed by atoms with van der Waals surface area (Å²) in [6, 6.07) is 8.28. The van der Waals surface area contributed by atoms with Gasteiger partial charge in [-0.15, -0.1) is 16.4 Å². The van der Waals surface area contributed by atoms with Crippen LogP contribution in [0.5, 0.6) is 0 Å². The standard InChI is InChI=1S/C20H24N6O2S2/c27-18(13-29-20-22-23-24-26(20)12-15-4-3-11-28-15)25-9-7-14(8-10-25)19-21-16-5-1-2-6-17(16)30-19/h1-2,5-6,14-15H,3-4,7-13H2/t15-/m0/s1. The molecule has 1 aromatic carbocycles. The maximum atomic E-state index is 12.7. The van der Waals surface area contributed by atoms with Crippen LogP contribution in [0.4, 0.5) is 0 Å². The first-order chi connectivity index (χ1) is 14.8. The number of rotatable bonds is 6. The van der Waals surface area contributed by atoms with Crippen molar-refractivity contribution in [1.82, 2.24) is 30.1 Å². The molecule has 2 aliphatic heterocycles. The van der Waals surface area contributed by atoms with E-state index < -0.39 is 0 Å². The van der Waals surface area contributed by atoms with Crippen molar-refractivity contribution in [1.29, 1.82) is 0 Å². The number of likely N-dealkylation sites (tertiary alicyclic amines) is 1. The Hall–Kier alpha value is -2.04. The zero-order valence-corrected chi connectivity index (χ0v) is 18.3. The number of carbonyl (C=O) groups excluding carboxylic acids is 1. The molecular formula is C20H24N6O2S2. The van der Waals surface area contributed by atoms with E-state index in [9.17, 15) is 4.79 Å². The van der Waals surface area contributed by atoms with Crippen molar-refractivity contribution in [2.75, 3.05) is 25.4 Å². The second kappa shape index (κ2) is 8.99. The average Bonchev–Trinajstić information content (AvgIpc) is 3.53. The predicted molar refractivity (Wildman–Crippen MR) is 116 cm³/mol. The highest BCUT2D eigenvalue weighted by atomic mass is 32.2. The van der Waals surface area contributed by atoms with E-state index in [0.717, 1.165) is 50.9 Å². The first-order valence-corrected chi connectivity index (χ1v) is 12.2. The lowest BCUT2D eigenvalue weighted by molar-refractivity contribution is -0.129. The molecule has 2 fully saturated rings. The van der Waals surface area contributed by atoms with E-state index in [2.05, 4.69) is 33.7 Å². The summed E-state index contributed by atoms with van der Waals surface area (Å²) >= 11 is 3.19. The van der Waals surface area contributed by atoms with Gasteiger partial charge in [0.25, 0.3) is 0 Å². The van der Waals surface area contributed by atoms with Gasteiger partial charge in [-0.05, 0) is 48.2 Å². The van der Waals surface area contributed by atoms with E-state index >= 15 is 0 Å². The minimum atomic E-state index is 0.148. The van der Waals surface area contributed by atoms with Crippen molar-refractivity contribution in [2.24, 2.45) is 0 Å². The molecule has 0 aliphatic carbocycles. The third kappa shape index (κ3) is 4.35. The molecule has 10 heteroatoms. The number of nitrogens with zero attached hydrogens (tertiary/aromatic N) is 6. The Kier molecular flexibility index (Phi) is 5.96. The number of amides is 1. The molecule has 8 nitrogen and oxygen atoms in total. The Morgan fingerprint density at radius 2 is 2.10 bits per heavy atom. The van der Waals surface area contributed by atoms with Crippen LogP contribution in [0, 0.1) is 0 Å². The summed E-state index contributed by atoms with van der Waals surface area (Å²) in [5.74, 6) is 0.949. The van der Waals surface area contributed by atoms with Gasteiger partial charge in [-0.2, -0.15) is 0 Å². The van der Waals surface area contributed by atoms with Crippen molar-refractivity contribution in [3.63, 3.8) is 0 Å². The third-order valence-electron chi connectivity index (χ3n) is 5.73. The number of ether oxygens (including phenoxy) is 1. The van der Waals surface area contributed by atoms with E-state index in [0.29, 0.717) is 23.4 Å². The quantitative estimate of drug-likeness (QED) is 0.540. The molecule has 2 aromatic heterocycles. The minimum absolute atomic E-state index is 0.148.